The van der Waals surface area contributed by atoms with E-state index in [1.165, 1.54) is 18.2 Å². The summed E-state index contributed by atoms with van der Waals surface area (Å²) in [6.45, 7) is 5.33. The third kappa shape index (κ3) is 3.73. The molecule has 20 heavy (non-hydrogen) atoms. The van der Waals surface area contributed by atoms with Crippen molar-refractivity contribution in [2.75, 3.05) is 12.3 Å². The first-order valence-electron chi connectivity index (χ1n) is 7.36. The topological polar surface area (TPSA) is 12.0 Å². The molecule has 1 heterocycles. The molecule has 0 amide bonds. The lowest BCUT2D eigenvalue weighted by Crippen LogP contribution is -2.47. The van der Waals surface area contributed by atoms with Crippen LogP contribution in [0.4, 0.5) is 8.78 Å². The fourth-order valence-electron chi connectivity index (χ4n) is 2.81. The average molecular weight is 299 g/mol. The number of hydrogen-bond donors (Lipinski definition) is 1. The maximum Gasteiger partial charge on any atom is 0.129 e. The molecule has 112 valence electrons. The highest BCUT2D eigenvalue weighted by Crippen LogP contribution is 2.41. The Hall–Kier alpha value is -0.610. The Bertz CT molecular complexity index is 444. The van der Waals surface area contributed by atoms with Gasteiger partial charge in [-0.3, -0.25) is 0 Å². The van der Waals surface area contributed by atoms with Crippen LogP contribution in [-0.4, -0.2) is 23.1 Å². The third-order valence-corrected chi connectivity index (χ3v) is 5.71. The number of nitrogens with one attached hydrogen (secondary N) is 1. The molecule has 2 atom stereocenters. The summed E-state index contributed by atoms with van der Waals surface area (Å²) in [5.41, 5.74) is 0.605. The van der Waals surface area contributed by atoms with Crippen molar-refractivity contribution in [2.45, 2.75) is 50.3 Å². The summed E-state index contributed by atoms with van der Waals surface area (Å²) in [7, 11) is 0. The van der Waals surface area contributed by atoms with E-state index >= 15 is 0 Å². The van der Waals surface area contributed by atoms with Crippen molar-refractivity contribution in [1.29, 1.82) is 0 Å². The standard InChI is InChI=1S/C16H23F2NS/c1-3-8-19-15(16(2)7-4-9-20-16)10-12-5-6-13(17)11-14(12)18/h5-6,11,15,19H,3-4,7-10H2,1-2H3. The fourth-order valence-corrected chi connectivity index (χ4v) is 4.22. The quantitative estimate of drug-likeness (QED) is 0.846. The van der Waals surface area contributed by atoms with Gasteiger partial charge in [-0.1, -0.05) is 13.0 Å². The molecule has 2 unspecified atom stereocenters. The molecule has 1 fully saturated rings. The van der Waals surface area contributed by atoms with Crippen LogP contribution in [-0.2, 0) is 6.42 Å². The van der Waals surface area contributed by atoms with Crippen LogP contribution >= 0.6 is 11.8 Å². The van der Waals surface area contributed by atoms with Crippen LogP contribution < -0.4 is 5.32 Å². The third-order valence-electron chi connectivity index (χ3n) is 4.07. The van der Waals surface area contributed by atoms with Crippen molar-refractivity contribution < 1.29 is 8.78 Å². The maximum absolute atomic E-state index is 13.9. The molecule has 1 nitrogen and oxygen atoms in total. The monoisotopic (exact) mass is 299 g/mol. The fraction of sp³-hybridized carbons (Fsp3) is 0.625. The molecule has 0 saturated carbocycles. The largest absolute Gasteiger partial charge is 0.312 e. The van der Waals surface area contributed by atoms with Gasteiger partial charge in [-0.05, 0) is 56.5 Å². The first-order chi connectivity index (χ1) is 9.55. The Morgan fingerprint density at radius 3 is 2.80 bits per heavy atom. The molecular weight excluding hydrogens is 276 g/mol. The van der Waals surface area contributed by atoms with Crippen molar-refractivity contribution in [2.24, 2.45) is 0 Å². The van der Waals surface area contributed by atoms with Gasteiger partial charge in [0, 0.05) is 16.9 Å². The van der Waals surface area contributed by atoms with E-state index < -0.39 is 11.6 Å². The van der Waals surface area contributed by atoms with E-state index in [0.29, 0.717) is 12.0 Å². The van der Waals surface area contributed by atoms with Gasteiger partial charge in [-0.25, -0.2) is 8.78 Å². The van der Waals surface area contributed by atoms with Gasteiger partial charge in [0.2, 0.25) is 0 Å². The molecule has 1 aliphatic heterocycles. The summed E-state index contributed by atoms with van der Waals surface area (Å²) in [6, 6.07) is 4.14. The van der Waals surface area contributed by atoms with Gasteiger partial charge < -0.3 is 5.32 Å². The summed E-state index contributed by atoms with van der Waals surface area (Å²) in [5.74, 6) is 0.234. The minimum absolute atomic E-state index is 0.149. The molecule has 1 saturated heterocycles. The van der Waals surface area contributed by atoms with Gasteiger partial charge in [0.05, 0.1) is 0 Å². The molecule has 0 bridgehead atoms. The highest BCUT2D eigenvalue weighted by atomic mass is 32.2. The van der Waals surface area contributed by atoms with Gasteiger partial charge >= 0.3 is 0 Å². The summed E-state index contributed by atoms with van der Waals surface area (Å²) in [4.78, 5) is 0. The Morgan fingerprint density at radius 1 is 1.40 bits per heavy atom. The van der Waals surface area contributed by atoms with Gasteiger partial charge in [0.1, 0.15) is 11.6 Å². The van der Waals surface area contributed by atoms with Crippen molar-refractivity contribution in [3.8, 4) is 0 Å². The van der Waals surface area contributed by atoms with Gasteiger partial charge in [0.25, 0.3) is 0 Å². The molecule has 1 N–H and O–H groups in total. The number of thioether (sulfide) groups is 1. The van der Waals surface area contributed by atoms with Crippen LogP contribution in [0.25, 0.3) is 0 Å². The minimum atomic E-state index is -0.509. The number of hydrogen-bond acceptors (Lipinski definition) is 2. The SMILES string of the molecule is CCCNC(Cc1ccc(F)cc1F)C1(C)CCCS1. The second kappa shape index (κ2) is 6.90. The zero-order valence-electron chi connectivity index (χ0n) is 12.2. The molecule has 1 aliphatic rings. The van der Waals surface area contributed by atoms with Crippen molar-refractivity contribution >= 4 is 11.8 Å². The van der Waals surface area contributed by atoms with Crippen LogP contribution in [0.3, 0.4) is 0 Å². The lowest BCUT2D eigenvalue weighted by molar-refractivity contribution is 0.394. The molecule has 4 heteroatoms. The highest BCUT2D eigenvalue weighted by molar-refractivity contribution is 8.00. The van der Waals surface area contributed by atoms with Crippen molar-refractivity contribution in [3.63, 3.8) is 0 Å². The smallest absolute Gasteiger partial charge is 0.129 e. The van der Waals surface area contributed by atoms with Gasteiger partial charge in [-0.15, -0.1) is 0 Å². The zero-order valence-corrected chi connectivity index (χ0v) is 13.0. The van der Waals surface area contributed by atoms with Gasteiger partial charge in [0.15, 0.2) is 0 Å². The van der Waals surface area contributed by atoms with Crippen molar-refractivity contribution in [1.82, 2.24) is 5.32 Å². The predicted molar refractivity (Wildman–Crippen MR) is 82.2 cm³/mol. The maximum atomic E-state index is 13.9. The number of halogens is 2. The van der Waals surface area contributed by atoms with E-state index in [4.69, 9.17) is 0 Å². The molecule has 0 aliphatic carbocycles. The summed E-state index contributed by atoms with van der Waals surface area (Å²) in [6.07, 6.45) is 4.05. The predicted octanol–water partition coefficient (Wildman–Crippen LogP) is 4.16. The van der Waals surface area contributed by atoms with Crippen molar-refractivity contribution in [3.05, 3.63) is 35.4 Å². The summed E-state index contributed by atoms with van der Waals surface area (Å²) in [5, 5.41) is 3.56. The molecule has 1 aromatic rings. The van der Waals surface area contributed by atoms with E-state index in [9.17, 15) is 8.78 Å². The molecule has 0 aromatic heterocycles. The van der Waals surface area contributed by atoms with E-state index in [1.807, 2.05) is 11.8 Å². The minimum Gasteiger partial charge on any atom is -0.312 e. The van der Waals surface area contributed by atoms with Gasteiger partial charge in [-0.2, -0.15) is 11.8 Å². The molecule has 2 rings (SSSR count). The Kier molecular flexibility index (Phi) is 5.44. The van der Waals surface area contributed by atoms with E-state index in [-0.39, 0.29) is 10.8 Å². The lowest BCUT2D eigenvalue weighted by atomic mass is 9.90. The van der Waals surface area contributed by atoms with Crippen LogP contribution in [0.1, 0.15) is 38.7 Å². The summed E-state index contributed by atoms with van der Waals surface area (Å²) >= 11 is 1.97. The molecular formula is C16H23F2NS. The Morgan fingerprint density at radius 2 is 2.20 bits per heavy atom. The number of benzene rings is 1. The Labute approximate surface area is 124 Å². The second-order valence-corrected chi connectivity index (χ2v) is 7.34. The highest BCUT2D eigenvalue weighted by Gasteiger charge is 2.37. The van der Waals surface area contributed by atoms with Crippen LogP contribution in [0.5, 0.6) is 0 Å². The molecule has 0 radical (unpaired) electrons. The zero-order chi connectivity index (χ0) is 14.6. The lowest BCUT2D eigenvalue weighted by Gasteiger charge is -2.34. The molecule has 1 aromatic carbocycles. The van der Waals surface area contributed by atoms with Crippen LogP contribution in [0.2, 0.25) is 0 Å². The second-order valence-electron chi connectivity index (χ2n) is 5.71. The van der Waals surface area contributed by atoms with Crippen LogP contribution in [0.15, 0.2) is 18.2 Å². The first-order valence-corrected chi connectivity index (χ1v) is 8.35. The van der Waals surface area contributed by atoms with E-state index in [1.54, 1.807) is 6.07 Å². The summed E-state index contributed by atoms with van der Waals surface area (Å²) < 4.78 is 27.0. The number of rotatable bonds is 6. The van der Waals surface area contributed by atoms with E-state index in [0.717, 1.165) is 25.5 Å². The average Bonchev–Trinajstić information content (AvgIpc) is 2.84. The van der Waals surface area contributed by atoms with Crippen LogP contribution in [0, 0.1) is 11.6 Å². The normalized spacial score (nSPS) is 24.0. The molecule has 0 spiro atoms. The first kappa shape index (κ1) is 15.8. The van der Waals surface area contributed by atoms with E-state index in [2.05, 4.69) is 19.2 Å². The Balaban J connectivity index is 2.14.